The molecule has 1 saturated heterocycles. The Morgan fingerprint density at radius 2 is 2.10 bits per heavy atom. The number of carbonyl (C=O) groups is 1. The van der Waals surface area contributed by atoms with Gasteiger partial charge in [-0.1, -0.05) is 6.92 Å². The molecule has 0 saturated carbocycles. The standard InChI is InChI=1S/C14H18O6/c1-7-5-11(15)20-12(7)14(3,17)10-6-9(18-4)8(2)13(16)19-10/h6-7,12,17H,5H2,1-4H3. The lowest BCUT2D eigenvalue weighted by Gasteiger charge is -2.30. The molecule has 20 heavy (non-hydrogen) atoms. The van der Waals surface area contributed by atoms with Crippen LogP contribution in [-0.2, 0) is 15.1 Å². The summed E-state index contributed by atoms with van der Waals surface area (Å²) in [5, 5.41) is 10.6. The Hall–Kier alpha value is -1.82. The SMILES string of the molecule is COc1cc(C(C)(O)C2OC(=O)CC2C)oc(=O)c1C. The van der Waals surface area contributed by atoms with Crippen LogP contribution in [0.1, 0.15) is 31.6 Å². The van der Waals surface area contributed by atoms with Crippen LogP contribution in [0.3, 0.4) is 0 Å². The summed E-state index contributed by atoms with van der Waals surface area (Å²) in [5.74, 6) is -0.190. The molecule has 1 aliphatic rings. The van der Waals surface area contributed by atoms with Crippen LogP contribution >= 0.6 is 0 Å². The van der Waals surface area contributed by atoms with Gasteiger partial charge in [0.05, 0.1) is 19.1 Å². The Morgan fingerprint density at radius 1 is 1.45 bits per heavy atom. The number of ether oxygens (including phenoxy) is 2. The van der Waals surface area contributed by atoms with Crippen LogP contribution < -0.4 is 10.4 Å². The van der Waals surface area contributed by atoms with Gasteiger partial charge in [0.25, 0.3) is 0 Å². The maximum absolute atomic E-state index is 11.8. The first-order valence-electron chi connectivity index (χ1n) is 6.38. The quantitative estimate of drug-likeness (QED) is 0.836. The van der Waals surface area contributed by atoms with Gasteiger partial charge < -0.3 is 19.0 Å². The molecule has 1 N–H and O–H groups in total. The van der Waals surface area contributed by atoms with Gasteiger partial charge in [0.1, 0.15) is 17.6 Å². The minimum atomic E-state index is -1.59. The fourth-order valence-corrected chi connectivity index (χ4v) is 2.48. The van der Waals surface area contributed by atoms with E-state index in [4.69, 9.17) is 13.9 Å². The van der Waals surface area contributed by atoms with Crippen molar-refractivity contribution in [3.05, 3.63) is 27.8 Å². The van der Waals surface area contributed by atoms with E-state index in [-0.39, 0.29) is 24.1 Å². The highest BCUT2D eigenvalue weighted by Gasteiger charge is 2.47. The van der Waals surface area contributed by atoms with Gasteiger partial charge in [-0.15, -0.1) is 0 Å². The summed E-state index contributed by atoms with van der Waals surface area (Å²) < 4.78 is 15.4. The first-order valence-corrected chi connectivity index (χ1v) is 6.38. The highest BCUT2D eigenvalue weighted by atomic mass is 16.6. The average molecular weight is 282 g/mol. The van der Waals surface area contributed by atoms with Crippen LogP contribution in [0, 0.1) is 12.8 Å². The summed E-state index contributed by atoms with van der Waals surface area (Å²) in [5.41, 5.74) is -1.86. The highest BCUT2D eigenvalue weighted by molar-refractivity contribution is 5.72. The van der Waals surface area contributed by atoms with E-state index in [1.165, 1.54) is 20.1 Å². The monoisotopic (exact) mass is 282 g/mol. The molecule has 6 heteroatoms. The van der Waals surface area contributed by atoms with Crippen molar-refractivity contribution >= 4 is 5.97 Å². The number of cyclic esters (lactones) is 1. The average Bonchev–Trinajstić information content (AvgIpc) is 2.72. The number of hydrogen-bond acceptors (Lipinski definition) is 6. The van der Waals surface area contributed by atoms with Crippen LogP contribution in [-0.4, -0.2) is 24.3 Å². The van der Waals surface area contributed by atoms with Crippen molar-refractivity contribution in [1.29, 1.82) is 0 Å². The van der Waals surface area contributed by atoms with Gasteiger partial charge in [-0.25, -0.2) is 4.79 Å². The molecule has 0 bridgehead atoms. The third-order valence-electron chi connectivity index (χ3n) is 3.68. The van der Waals surface area contributed by atoms with Gasteiger partial charge in [0.2, 0.25) is 0 Å². The van der Waals surface area contributed by atoms with Crippen LogP contribution in [0.4, 0.5) is 0 Å². The molecule has 3 atom stereocenters. The molecule has 0 radical (unpaired) electrons. The molecule has 0 aliphatic carbocycles. The topological polar surface area (TPSA) is 86.0 Å². The van der Waals surface area contributed by atoms with Gasteiger partial charge in [-0.05, 0) is 13.8 Å². The van der Waals surface area contributed by atoms with E-state index in [1.54, 1.807) is 13.8 Å². The summed E-state index contributed by atoms with van der Waals surface area (Å²) in [6.45, 7) is 4.83. The maximum Gasteiger partial charge on any atom is 0.342 e. The molecule has 3 unspecified atom stereocenters. The molecule has 6 nitrogen and oxygen atoms in total. The number of methoxy groups -OCH3 is 1. The molecular weight excluding hydrogens is 264 g/mol. The molecular formula is C14H18O6. The molecule has 1 aliphatic heterocycles. The lowest BCUT2D eigenvalue weighted by atomic mass is 9.87. The summed E-state index contributed by atoms with van der Waals surface area (Å²) >= 11 is 0. The fraction of sp³-hybridized carbons (Fsp3) is 0.571. The Labute approximate surface area is 116 Å². The van der Waals surface area contributed by atoms with Gasteiger partial charge in [0, 0.05) is 12.0 Å². The Bertz CT molecular complexity index is 586. The van der Waals surface area contributed by atoms with Crippen molar-refractivity contribution in [2.45, 2.75) is 38.9 Å². The minimum absolute atomic E-state index is 0.0245. The first kappa shape index (κ1) is 14.6. The second-order valence-electron chi connectivity index (χ2n) is 5.33. The molecule has 2 heterocycles. The predicted octanol–water partition coefficient (Wildman–Crippen LogP) is 1.12. The number of rotatable bonds is 3. The molecule has 1 aromatic rings. The minimum Gasteiger partial charge on any atom is -0.496 e. The van der Waals surface area contributed by atoms with Crippen LogP contribution in [0.2, 0.25) is 0 Å². The molecule has 0 amide bonds. The van der Waals surface area contributed by atoms with Gasteiger partial charge in [-0.2, -0.15) is 0 Å². The Balaban J connectivity index is 2.46. The molecule has 110 valence electrons. The van der Waals surface area contributed by atoms with E-state index in [2.05, 4.69) is 0 Å². The van der Waals surface area contributed by atoms with E-state index in [1.807, 2.05) is 0 Å². The van der Waals surface area contributed by atoms with Crippen molar-refractivity contribution in [3.63, 3.8) is 0 Å². The normalized spacial score (nSPS) is 25.1. The van der Waals surface area contributed by atoms with Crippen molar-refractivity contribution in [2.75, 3.05) is 7.11 Å². The summed E-state index contributed by atoms with van der Waals surface area (Å²) in [7, 11) is 1.43. The van der Waals surface area contributed by atoms with Gasteiger partial charge in [0.15, 0.2) is 5.60 Å². The van der Waals surface area contributed by atoms with Gasteiger partial charge >= 0.3 is 11.6 Å². The molecule has 0 aromatic carbocycles. The van der Waals surface area contributed by atoms with E-state index in [0.29, 0.717) is 11.3 Å². The number of carbonyl (C=O) groups excluding carboxylic acids is 1. The number of aliphatic hydroxyl groups is 1. The van der Waals surface area contributed by atoms with E-state index in [0.717, 1.165) is 0 Å². The van der Waals surface area contributed by atoms with Crippen molar-refractivity contribution in [2.24, 2.45) is 5.92 Å². The lowest BCUT2D eigenvalue weighted by molar-refractivity contribution is -0.156. The predicted molar refractivity (Wildman–Crippen MR) is 69.5 cm³/mol. The first-order chi connectivity index (χ1) is 9.27. The number of esters is 1. The zero-order valence-electron chi connectivity index (χ0n) is 11.9. The van der Waals surface area contributed by atoms with E-state index < -0.39 is 17.3 Å². The maximum atomic E-state index is 11.8. The smallest absolute Gasteiger partial charge is 0.342 e. The zero-order valence-corrected chi connectivity index (χ0v) is 11.9. The van der Waals surface area contributed by atoms with E-state index >= 15 is 0 Å². The molecule has 0 spiro atoms. The zero-order chi connectivity index (χ0) is 15.1. The second kappa shape index (κ2) is 4.94. The summed E-state index contributed by atoms with van der Waals surface area (Å²) in [6, 6.07) is 1.45. The summed E-state index contributed by atoms with van der Waals surface area (Å²) in [4.78, 5) is 23.1. The van der Waals surface area contributed by atoms with Crippen LogP contribution in [0.15, 0.2) is 15.3 Å². The molecule has 2 rings (SSSR count). The van der Waals surface area contributed by atoms with Crippen molar-refractivity contribution < 1.29 is 23.8 Å². The molecule has 1 fully saturated rings. The fourth-order valence-electron chi connectivity index (χ4n) is 2.48. The third-order valence-corrected chi connectivity index (χ3v) is 3.68. The van der Waals surface area contributed by atoms with Crippen LogP contribution in [0.25, 0.3) is 0 Å². The van der Waals surface area contributed by atoms with Gasteiger partial charge in [-0.3, -0.25) is 4.79 Å². The summed E-state index contributed by atoms with van der Waals surface area (Å²) in [6.07, 6.45) is -0.529. The van der Waals surface area contributed by atoms with E-state index in [9.17, 15) is 14.7 Å². The van der Waals surface area contributed by atoms with Crippen molar-refractivity contribution in [1.82, 2.24) is 0 Å². The third kappa shape index (κ3) is 2.31. The van der Waals surface area contributed by atoms with Crippen LogP contribution in [0.5, 0.6) is 5.75 Å². The second-order valence-corrected chi connectivity index (χ2v) is 5.33. The Morgan fingerprint density at radius 3 is 2.60 bits per heavy atom. The highest BCUT2D eigenvalue weighted by Crippen LogP contribution is 2.37. The number of hydrogen-bond donors (Lipinski definition) is 1. The van der Waals surface area contributed by atoms with Crippen molar-refractivity contribution in [3.8, 4) is 5.75 Å². The largest absolute Gasteiger partial charge is 0.496 e. The Kier molecular flexibility index (Phi) is 3.60. The lowest BCUT2D eigenvalue weighted by Crippen LogP contribution is -2.40. The molecule has 1 aromatic heterocycles.